The van der Waals surface area contributed by atoms with Crippen molar-refractivity contribution in [1.82, 2.24) is 10.6 Å². The monoisotopic (exact) mass is 452 g/mol. The van der Waals surface area contributed by atoms with Gasteiger partial charge in [-0.25, -0.2) is 0 Å². The van der Waals surface area contributed by atoms with Crippen molar-refractivity contribution in [3.05, 3.63) is 65.7 Å². The number of nitrogens with two attached hydrogens (primary N) is 1. The summed E-state index contributed by atoms with van der Waals surface area (Å²) in [5.74, 6) is -1.36. The smallest absolute Gasteiger partial charge is 0.243 e. The molecule has 2 atom stereocenters. The lowest BCUT2D eigenvalue weighted by atomic mass is 10.0. The van der Waals surface area contributed by atoms with E-state index in [1.54, 1.807) is 6.92 Å². The number of carbonyl (C=O) groups is 3. The Bertz CT molecular complexity index is 921. The molecule has 7 heteroatoms. The Labute approximate surface area is 196 Å². The Morgan fingerprint density at radius 2 is 1.58 bits per heavy atom. The van der Waals surface area contributed by atoms with Gasteiger partial charge in [-0.05, 0) is 50.5 Å². The van der Waals surface area contributed by atoms with E-state index in [9.17, 15) is 14.4 Å². The Morgan fingerprint density at radius 3 is 2.15 bits per heavy atom. The Balaban J connectivity index is 2.01. The van der Waals surface area contributed by atoms with Gasteiger partial charge in [0.15, 0.2) is 0 Å². The molecular formula is C26H36N4O3. The van der Waals surface area contributed by atoms with Crippen molar-refractivity contribution in [2.45, 2.75) is 65.1 Å². The number of hydrogen-bond donors (Lipinski definition) is 4. The van der Waals surface area contributed by atoms with Gasteiger partial charge in [-0.1, -0.05) is 49.4 Å². The zero-order valence-corrected chi connectivity index (χ0v) is 20.0. The third-order valence-electron chi connectivity index (χ3n) is 5.17. The normalized spacial score (nSPS) is 13.0. The molecule has 33 heavy (non-hydrogen) atoms. The molecule has 2 unspecified atom stereocenters. The molecule has 0 bridgehead atoms. The van der Waals surface area contributed by atoms with E-state index in [0.29, 0.717) is 12.8 Å². The molecule has 2 aromatic carbocycles. The third kappa shape index (κ3) is 9.76. The van der Waals surface area contributed by atoms with Crippen LogP contribution in [0, 0.1) is 5.92 Å². The highest BCUT2D eigenvalue weighted by molar-refractivity contribution is 5.88. The van der Waals surface area contributed by atoms with Crippen LogP contribution in [0.4, 0.5) is 5.69 Å². The van der Waals surface area contributed by atoms with Gasteiger partial charge in [-0.2, -0.15) is 0 Å². The Kier molecular flexibility index (Phi) is 9.45. The highest BCUT2D eigenvalue weighted by atomic mass is 16.2. The standard InChI is InChI=1S/C26H36N4O3/c1-18(24(27)32)10-15-23(31)29-22(25(33)30-26(2,3)4)16-19-11-13-21(14-12-19)28-17-20-8-6-5-7-9-20/h5-9,11-14,18,22,28H,10,15-17H2,1-4H3,(H2,27,32)(H,29,31)(H,30,33). The molecule has 0 saturated heterocycles. The molecule has 0 aliphatic carbocycles. The lowest BCUT2D eigenvalue weighted by Gasteiger charge is -2.26. The van der Waals surface area contributed by atoms with E-state index in [0.717, 1.165) is 17.8 Å². The molecule has 178 valence electrons. The second kappa shape index (κ2) is 12.0. The van der Waals surface area contributed by atoms with Crippen molar-refractivity contribution in [1.29, 1.82) is 0 Å². The fraction of sp³-hybridized carbons (Fsp3) is 0.423. The van der Waals surface area contributed by atoms with Crippen molar-refractivity contribution >= 4 is 23.4 Å². The van der Waals surface area contributed by atoms with Gasteiger partial charge in [-0.15, -0.1) is 0 Å². The predicted molar refractivity (Wildman–Crippen MR) is 131 cm³/mol. The first-order chi connectivity index (χ1) is 15.5. The lowest BCUT2D eigenvalue weighted by Crippen LogP contribution is -2.53. The fourth-order valence-electron chi connectivity index (χ4n) is 3.22. The molecule has 0 saturated carbocycles. The van der Waals surface area contributed by atoms with Crippen LogP contribution in [-0.2, 0) is 27.3 Å². The summed E-state index contributed by atoms with van der Waals surface area (Å²) in [5, 5.41) is 9.14. The molecule has 5 N–H and O–H groups in total. The summed E-state index contributed by atoms with van der Waals surface area (Å²) < 4.78 is 0. The zero-order valence-electron chi connectivity index (χ0n) is 20.0. The second-order valence-electron chi connectivity index (χ2n) is 9.44. The molecule has 0 radical (unpaired) electrons. The molecule has 7 nitrogen and oxygen atoms in total. The molecule has 3 amide bonds. The van der Waals surface area contributed by atoms with Crippen molar-refractivity contribution < 1.29 is 14.4 Å². The number of hydrogen-bond acceptors (Lipinski definition) is 4. The molecule has 0 aliphatic rings. The maximum atomic E-state index is 12.9. The van der Waals surface area contributed by atoms with Crippen LogP contribution in [0.15, 0.2) is 54.6 Å². The molecule has 2 rings (SSSR count). The third-order valence-corrected chi connectivity index (χ3v) is 5.17. The molecule has 0 spiro atoms. The minimum atomic E-state index is -0.719. The summed E-state index contributed by atoms with van der Waals surface area (Å²) >= 11 is 0. The highest BCUT2D eigenvalue weighted by Gasteiger charge is 2.25. The van der Waals surface area contributed by atoms with Crippen LogP contribution in [0.2, 0.25) is 0 Å². The summed E-state index contributed by atoms with van der Waals surface area (Å²) in [5.41, 5.74) is 7.94. The van der Waals surface area contributed by atoms with E-state index in [2.05, 4.69) is 28.1 Å². The summed E-state index contributed by atoms with van der Waals surface area (Å²) in [6, 6.07) is 17.2. The van der Waals surface area contributed by atoms with Crippen LogP contribution in [0.3, 0.4) is 0 Å². The Hall–Kier alpha value is -3.35. The summed E-state index contributed by atoms with van der Waals surface area (Å²) in [7, 11) is 0. The van der Waals surface area contributed by atoms with E-state index in [-0.39, 0.29) is 18.2 Å². The van der Waals surface area contributed by atoms with Gasteiger partial charge in [0.1, 0.15) is 6.04 Å². The average molecular weight is 453 g/mol. The van der Waals surface area contributed by atoms with Crippen molar-refractivity contribution in [2.75, 3.05) is 5.32 Å². The van der Waals surface area contributed by atoms with Crippen LogP contribution >= 0.6 is 0 Å². The largest absolute Gasteiger partial charge is 0.381 e. The quantitative estimate of drug-likeness (QED) is 0.419. The summed E-state index contributed by atoms with van der Waals surface area (Å²) in [6.07, 6.45) is 0.834. The predicted octanol–water partition coefficient (Wildman–Crippen LogP) is 3.14. The van der Waals surface area contributed by atoms with Crippen molar-refractivity contribution in [3.8, 4) is 0 Å². The summed E-state index contributed by atoms with van der Waals surface area (Å²) in [4.78, 5) is 36.5. The van der Waals surface area contributed by atoms with Gasteiger partial charge in [0.2, 0.25) is 17.7 Å². The average Bonchev–Trinajstić information content (AvgIpc) is 2.76. The van der Waals surface area contributed by atoms with Gasteiger partial charge >= 0.3 is 0 Å². The van der Waals surface area contributed by atoms with E-state index in [1.165, 1.54) is 5.56 Å². The number of carbonyl (C=O) groups excluding carboxylic acids is 3. The van der Waals surface area contributed by atoms with E-state index in [1.807, 2.05) is 63.2 Å². The molecule has 2 aromatic rings. The number of amides is 3. The number of rotatable bonds is 11. The van der Waals surface area contributed by atoms with E-state index < -0.39 is 23.4 Å². The van der Waals surface area contributed by atoms with Gasteiger partial charge < -0.3 is 21.7 Å². The first kappa shape index (κ1) is 25.9. The number of benzene rings is 2. The van der Waals surface area contributed by atoms with Crippen molar-refractivity contribution in [2.24, 2.45) is 11.7 Å². The van der Waals surface area contributed by atoms with E-state index >= 15 is 0 Å². The zero-order chi connectivity index (χ0) is 24.4. The molecule has 0 heterocycles. The first-order valence-corrected chi connectivity index (χ1v) is 11.3. The van der Waals surface area contributed by atoms with Gasteiger partial charge in [0.05, 0.1) is 0 Å². The van der Waals surface area contributed by atoms with Crippen LogP contribution in [0.5, 0.6) is 0 Å². The fourth-order valence-corrected chi connectivity index (χ4v) is 3.22. The summed E-state index contributed by atoms with van der Waals surface area (Å²) in [6.45, 7) is 8.09. The second-order valence-corrected chi connectivity index (χ2v) is 9.44. The number of anilines is 1. The van der Waals surface area contributed by atoms with Crippen molar-refractivity contribution in [3.63, 3.8) is 0 Å². The maximum absolute atomic E-state index is 12.9. The topological polar surface area (TPSA) is 113 Å². The van der Waals surface area contributed by atoms with Crippen LogP contribution < -0.4 is 21.7 Å². The van der Waals surface area contributed by atoms with Gasteiger partial charge in [0.25, 0.3) is 0 Å². The van der Waals surface area contributed by atoms with Crippen LogP contribution in [0.1, 0.15) is 51.7 Å². The van der Waals surface area contributed by atoms with Crippen LogP contribution in [0.25, 0.3) is 0 Å². The van der Waals surface area contributed by atoms with E-state index in [4.69, 9.17) is 5.73 Å². The SMILES string of the molecule is CC(CCC(=O)NC(Cc1ccc(NCc2ccccc2)cc1)C(=O)NC(C)(C)C)C(N)=O. The number of nitrogens with one attached hydrogen (secondary N) is 3. The lowest BCUT2D eigenvalue weighted by molar-refractivity contribution is -0.130. The van der Waals surface area contributed by atoms with Crippen LogP contribution in [-0.4, -0.2) is 29.3 Å². The first-order valence-electron chi connectivity index (χ1n) is 11.3. The molecule has 0 fully saturated rings. The molecular weight excluding hydrogens is 416 g/mol. The number of primary amides is 1. The minimum absolute atomic E-state index is 0.131. The maximum Gasteiger partial charge on any atom is 0.243 e. The highest BCUT2D eigenvalue weighted by Crippen LogP contribution is 2.14. The molecule has 0 aromatic heterocycles. The Morgan fingerprint density at radius 1 is 0.939 bits per heavy atom. The minimum Gasteiger partial charge on any atom is -0.381 e. The molecule has 0 aliphatic heterocycles. The van der Waals surface area contributed by atoms with Gasteiger partial charge in [0, 0.05) is 36.5 Å². The van der Waals surface area contributed by atoms with Gasteiger partial charge in [-0.3, -0.25) is 14.4 Å².